The molecule has 1 amide bonds. The number of carbonyl (C=O) groups excluding carboxylic acids is 1. The summed E-state index contributed by atoms with van der Waals surface area (Å²) in [4.78, 5) is 11.8. The number of hydrogen-bond donors (Lipinski definition) is 0. The Morgan fingerprint density at radius 1 is 1.13 bits per heavy atom. The minimum Gasteiger partial charge on any atom is -0.272 e. The first-order valence-corrected chi connectivity index (χ1v) is 5.80. The summed E-state index contributed by atoms with van der Waals surface area (Å²) in [6.45, 7) is 14.3. The van der Waals surface area contributed by atoms with Crippen molar-refractivity contribution in [2.45, 2.75) is 40.5 Å². The molecule has 0 fully saturated rings. The normalized spacial score (nSPS) is 10.5. The SMILES string of the molecule is C=C(C)C(=O)N(CC)N(CCC)CCC. The molecular weight excluding hydrogens is 188 g/mol. The van der Waals surface area contributed by atoms with Crippen molar-refractivity contribution in [3.8, 4) is 0 Å². The molecule has 0 saturated heterocycles. The molecule has 0 aromatic heterocycles. The van der Waals surface area contributed by atoms with E-state index in [2.05, 4.69) is 25.4 Å². The lowest BCUT2D eigenvalue weighted by molar-refractivity contribution is -0.144. The van der Waals surface area contributed by atoms with Crippen molar-refractivity contribution in [2.75, 3.05) is 19.6 Å². The van der Waals surface area contributed by atoms with Gasteiger partial charge in [0, 0.05) is 25.2 Å². The molecule has 0 spiro atoms. The number of rotatable bonds is 7. The number of carbonyl (C=O) groups is 1. The fraction of sp³-hybridized carbons (Fsp3) is 0.750. The van der Waals surface area contributed by atoms with Gasteiger partial charge in [0.15, 0.2) is 0 Å². The Labute approximate surface area is 93.7 Å². The van der Waals surface area contributed by atoms with Crippen molar-refractivity contribution < 1.29 is 4.79 Å². The van der Waals surface area contributed by atoms with Crippen LogP contribution in [0.3, 0.4) is 0 Å². The first-order chi connectivity index (χ1) is 7.08. The van der Waals surface area contributed by atoms with E-state index in [4.69, 9.17) is 0 Å². The van der Waals surface area contributed by atoms with E-state index >= 15 is 0 Å². The number of nitrogens with zero attached hydrogens (tertiary/aromatic N) is 2. The highest BCUT2D eigenvalue weighted by Gasteiger charge is 2.18. The maximum atomic E-state index is 11.8. The number of hydrazine groups is 1. The van der Waals surface area contributed by atoms with Crippen LogP contribution in [0.5, 0.6) is 0 Å². The molecule has 3 heteroatoms. The third kappa shape index (κ3) is 4.47. The zero-order valence-corrected chi connectivity index (χ0v) is 10.5. The van der Waals surface area contributed by atoms with Gasteiger partial charge in [0.1, 0.15) is 0 Å². The van der Waals surface area contributed by atoms with Crippen molar-refractivity contribution in [3.05, 3.63) is 12.2 Å². The molecular formula is C12H24N2O. The van der Waals surface area contributed by atoms with Gasteiger partial charge < -0.3 is 0 Å². The summed E-state index contributed by atoms with van der Waals surface area (Å²) in [5, 5.41) is 3.92. The van der Waals surface area contributed by atoms with Crippen molar-refractivity contribution >= 4 is 5.91 Å². The Bertz CT molecular complexity index is 208. The number of hydrogen-bond acceptors (Lipinski definition) is 2. The molecule has 0 unspecified atom stereocenters. The van der Waals surface area contributed by atoms with Gasteiger partial charge in [-0.1, -0.05) is 20.4 Å². The lowest BCUT2D eigenvalue weighted by atomic mass is 10.3. The van der Waals surface area contributed by atoms with Crippen LogP contribution in [0.15, 0.2) is 12.2 Å². The smallest absolute Gasteiger partial charge is 0.263 e. The third-order valence-electron chi connectivity index (χ3n) is 2.20. The monoisotopic (exact) mass is 212 g/mol. The van der Waals surface area contributed by atoms with Crippen molar-refractivity contribution in [1.29, 1.82) is 0 Å². The molecule has 0 bridgehead atoms. The van der Waals surface area contributed by atoms with E-state index in [9.17, 15) is 4.79 Å². The van der Waals surface area contributed by atoms with Gasteiger partial charge >= 0.3 is 0 Å². The van der Waals surface area contributed by atoms with Crippen LogP contribution in [0, 0.1) is 0 Å². The predicted octanol–water partition coefficient (Wildman–Crippen LogP) is 2.45. The first-order valence-electron chi connectivity index (χ1n) is 5.80. The van der Waals surface area contributed by atoms with Crippen molar-refractivity contribution in [2.24, 2.45) is 0 Å². The average molecular weight is 212 g/mol. The first kappa shape index (κ1) is 14.2. The highest BCUT2D eigenvalue weighted by molar-refractivity contribution is 5.91. The molecule has 0 radical (unpaired) electrons. The van der Waals surface area contributed by atoms with E-state index in [1.807, 2.05) is 6.92 Å². The second kappa shape index (κ2) is 7.46. The van der Waals surface area contributed by atoms with E-state index < -0.39 is 0 Å². The van der Waals surface area contributed by atoms with E-state index in [0.29, 0.717) is 12.1 Å². The summed E-state index contributed by atoms with van der Waals surface area (Å²) >= 11 is 0. The average Bonchev–Trinajstić information content (AvgIpc) is 2.19. The molecule has 0 aliphatic heterocycles. The van der Waals surface area contributed by atoms with E-state index in [0.717, 1.165) is 25.9 Å². The van der Waals surface area contributed by atoms with Crippen LogP contribution in [0.1, 0.15) is 40.5 Å². The lowest BCUT2D eigenvalue weighted by Crippen LogP contribution is -2.47. The lowest BCUT2D eigenvalue weighted by Gasteiger charge is -2.34. The van der Waals surface area contributed by atoms with Crippen LogP contribution in [-0.4, -0.2) is 35.6 Å². The molecule has 0 aliphatic rings. The van der Waals surface area contributed by atoms with Gasteiger partial charge in [0.05, 0.1) is 0 Å². The van der Waals surface area contributed by atoms with Gasteiger partial charge in [-0.2, -0.15) is 0 Å². The van der Waals surface area contributed by atoms with Gasteiger partial charge in [-0.15, -0.1) is 0 Å². The molecule has 0 aromatic rings. The summed E-state index contributed by atoms with van der Waals surface area (Å²) in [6.07, 6.45) is 2.11. The molecule has 0 saturated carbocycles. The standard InChI is InChI=1S/C12H24N2O/c1-6-9-13(10-7-2)14(8-3)12(15)11(4)5/h4,6-10H2,1-3,5H3. The Morgan fingerprint density at radius 2 is 1.60 bits per heavy atom. The minimum absolute atomic E-state index is 0.0411. The molecule has 0 rings (SSSR count). The maximum Gasteiger partial charge on any atom is 0.263 e. The molecule has 0 heterocycles. The molecule has 88 valence electrons. The Kier molecular flexibility index (Phi) is 7.05. The van der Waals surface area contributed by atoms with Crippen LogP contribution in [0.2, 0.25) is 0 Å². The molecule has 3 nitrogen and oxygen atoms in total. The van der Waals surface area contributed by atoms with Crippen LogP contribution < -0.4 is 0 Å². The van der Waals surface area contributed by atoms with Gasteiger partial charge in [-0.3, -0.25) is 9.80 Å². The molecule has 0 atom stereocenters. The summed E-state index contributed by atoms with van der Waals surface area (Å²) in [5.74, 6) is 0.0411. The number of likely N-dealkylation sites (N-methyl/N-ethyl adjacent to an activating group) is 1. The Balaban J connectivity index is 4.56. The molecule has 0 aromatic carbocycles. The van der Waals surface area contributed by atoms with Crippen LogP contribution >= 0.6 is 0 Å². The highest BCUT2D eigenvalue weighted by atomic mass is 16.2. The maximum absolute atomic E-state index is 11.8. The van der Waals surface area contributed by atoms with Crippen LogP contribution in [0.4, 0.5) is 0 Å². The van der Waals surface area contributed by atoms with E-state index in [1.54, 1.807) is 11.9 Å². The Morgan fingerprint density at radius 3 is 1.87 bits per heavy atom. The van der Waals surface area contributed by atoms with Gasteiger partial charge in [-0.05, 0) is 26.7 Å². The fourth-order valence-electron chi connectivity index (χ4n) is 1.56. The second-order valence-corrected chi connectivity index (χ2v) is 3.75. The van der Waals surface area contributed by atoms with Crippen LogP contribution in [0.25, 0.3) is 0 Å². The summed E-state index contributed by atoms with van der Waals surface area (Å²) < 4.78 is 0. The third-order valence-corrected chi connectivity index (χ3v) is 2.20. The summed E-state index contributed by atoms with van der Waals surface area (Å²) in [6, 6.07) is 0. The van der Waals surface area contributed by atoms with Crippen molar-refractivity contribution in [3.63, 3.8) is 0 Å². The predicted molar refractivity (Wildman–Crippen MR) is 64.4 cm³/mol. The zero-order chi connectivity index (χ0) is 11.8. The number of amides is 1. The summed E-state index contributed by atoms with van der Waals surface area (Å²) in [7, 11) is 0. The Hall–Kier alpha value is -0.830. The topological polar surface area (TPSA) is 23.6 Å². The second-order valence-electron chi connectivity index (χ2n) is 3.75. The van der Waals surface area contributed by atoms with Gasteiger partial charge in [-0.25, -0.2) is 5.01 Å². The van der Waals surface area contributed by atoms with E-state index in [-0.39, 0.29) is 5.91 Å². The molecule has 15 heavy (non-hydrogen) atoms. The van der Waals surface area contributed by atoms with Crippen molar-refractivity contribution in [1.82, 2.24) is 10.0 Å². The quantitative estimate of drug-likeness (QED) is 0.478. The van der Waals surface area contributed by atoms with Gasteiger partial charge in [0.2, 0.25) is 0 Å². The zero-order valence-electron chi connectivity index (χ0n) is 10.5. The highest BCUT2D eigenvalue weighted by Crippen LogP contribution is 2.06. The summed E-state index contributed by atoms with van der Waals surface area (Å²) in [5.41, 5.74) is 0.606. The fourth-order valence-corrected chi connectivity index (χ4v) is 1.56. The van der Waals surface area contributed by atoms with E-state index in [1.165, 1.54) is 0 Å². The largest absolute Gasteiger partial charge is 0.272 e. The molecule has 0 aliphatic carbocycles. The molecule has 0 N–H and O–H groups in total. The van der Waals surface area contributed by atoms with Gasteiger partial charge in [0.25, 0.3) is 5.91 Å². The minimum atomic E-state index is 0.0411. The van der Waals surface area contributed by atoms with Crippen LogP contribution in [-0.2, 0) is 4.79 Å².